The van der Waals surface area contributed by atoms with Crippen molar-refractivity contribution in [1.29, 1.82) is 0 Å². The highest BCUT2D eigenvalue weighted by Crippen LogP contribution is 2.14. The second-order valence-corrected chi connectivity index (χ2v) is 4.53. The van der Waals surface area contributed by atoms with Gasteiger partial charge in [0.2, 0.25) is 10.0 Å². The number of nitrogens with zero attached hydrogens (tertiary/aromatic N) is 1. The first kappa shape index (κ1) is 8.31. The maximum Gasteiger partial charge on any atom is 0.249 e. The summed E-state index contributed by atoms with van der Waals surface area (Å²) in [5, 5.41) is 4.86. The molecule has 0 fully saturated rings. The van der Waals surface area contributed by atoms with E-state index in [1.807, 2.05) is 0 Å². The molecule has 11 heavy (non-hydrogen) atoms. The molecule has 60 valence electrons. The van der Waals surface area contributed by atoms with Gasteiger partial charge in [-0.05, 0) is 0 Å². The monoisotopic (exact) mass is 192 g/mol. The molecule has 1 rings (SSSR count). The molecule has 5 nitrogen and oxygen atoms in total. The molecule has 1 aromatic heterocycles. The number of hydrogen-bond acceptors (Lipinski definition) is 5. The zero-order valence-electron chi connectivity index (χ0n) is 5.22. The fraction of sp³-hybridized carbons (Fsp3) is 0. The van der Waals surface area contributed by atoms with Gasteiger partial charge in [-0.15, -0.1) is 0 Å². The molecule has 0 saturated carbocycles. The number of carbonyl (C=O) groups excluding carboxylic acids is 1. The second kappa shape index (κ2) is 2.68. The molecule has 0 unspecified atom stereocenters. The highest BCUT2D eigenvalue weighted by molar-refractivity contribution is 7.91. The average molecular weight is 192 g/mol. The summed E-state index contributed by atoms with van der Waals surface area (Å²) in [6, 6.07) is 0. The number of carbonyl (C=O) groups is 1. The Kier molecular flexibility index (Phi) is 2.03. The highest BCUT2D eigenvalue weighted by Gasteiger charge is 2.11. The van der Waals surface area contributed by atoms with Crippen molar-refractivity contribution >= 4 is 27.6 Å². The van der Waals surface area contributed by atoms with Gasteiger partial charge in [0.15, 0.2) is 15.5 Å². The van der Waals surface area contributed by atoms with Crippen LogP contribution >= 0.6 is 11.3 Å². The Morgan fingerprint density at radius 2 is 2.27 bits per heavy atom. The first-order valence-corrected chi connectivity index (χ1v) is 4.84. The SMILES string of the molecule is NS(=O)(=O)c1cnc(C=O)s1. The van der Waals surface area contributed by atoms with Crippen LogP contribution in [0, 0.1) is 0 Å². The van der Waals surface area contributed by atoms with Gasteiger partial charge in [0.25, 0.3) is 0 Å². The van der Waals surface area contributed by atoms with Crippen LogP contribution in [0.4, 0.5) is 0 Å². The Morgan fingerprint density at radius 3 is 2.55 bits per heavy atom. The van der Waals surface area contributed by atoms with Crippen molar-refractivity contribution in [3.63, 3.8) is 0 Å². The lowest BCUT2D eigenvalue weighted by atomic mass is 10.8. The van der Waals surface area contributed by atoms with Gasteiger partial charge in [-0.1, -0.05) is 11.3 Å². The van der Waals surface area contributed by atoms with Gasteiger partial charge in [-0.25, -0.2) is 18.5 Å². The maximum absolute atomic E-state index is 10.6. The van der Waals surface area contributed by atoms with Crippen molar-refractivity contribution in [3.05, 3.63) is 11.2 Å². The minimum absolute atomic E-state index is 0.0976. The molecule has 0 aliphatic heterocycles. The van der Waals surface area contributed by atoms with Crippen molar-refractivity contribution in [2.24, 2.45) is 5.14 Å². The minimum atomic E-state index is -3.69. The summed E-state index contributed by atoms with van der Waals surface area (Å²) in [6.07, 6.45) is 1.53. The van der Waals surface area contributed by atoms with E-state index in [0.717, 1.165) is 17.5 Å². The Hall–Kier alpha value is -0.790. The summed E-state index contributed by atoms with van der Waals surface area (Å²) in [6.45, 7) is 0. The number of aromatic nitrogens is 1. The lowest BCUT2D eigenvalue weighted by Gasteiger charge is -1.85. The van der Waals surface area contributed by atoms with Crippen molar-refractivity contribution in [3.8, 4) is 0 Å². The van der Waals surface area contributed by atoms with Crippen molar-refractivity contribution in [1.82, 2.24) is 4.98 Å². The molecular formula is C4H4N2O3S2. The van der Waals surface area contributed by atoms with Crippen LogP contribution in [-0.4, -0.2) is 19.7 Å². The van der Waals surface area contributed by atoms with Crippen molar-refractivity contribution in [2.75, 3.05) is 0 Å². The summed E-state index contributed by atoms with van der Waals surface area (Å²) in [5.74, 6) is 0. The Morgan fingerprint density at radius 1 is 1.64 bits per heavy atom. The first-order valence-electron chi connectivity index (χ1n) is 2.48. The molecule has 1 heterocycles. The predicted molar refractivity (Wildman–Crippen MR) is 38.9 cm³/mol. The van der Waals surface area contributed by atoms with E-state index in [0.29, 0.717) is 6.29 Å². The van der Waals surface area contributed by atoms with Crippen LogP contribution < -0.4 is 5.14 Å². The predicted octanol–water partition coefficient (Wildman–Crippen LogP) is -0.397. The number of primary sulfonamides is 1. The van der Waals surface area contributed by atoms with Gasteiger partial charge in [-0.2, -0.15) is 0 Å². The number of aldehydes is 1. The van der Waals surface area contributed by atoms with Gasteiger partial charge in [0.05, 0.1) is 6.20 Å². The van der Waals surface area contributed by atoms with Crippen LogP contribution in [0.25, 0.3) is 0 Å². The molecule has 0 saturated heterocycles. The van der Waals surface area contributed by atoms with Gasteiger partial charge in [0, 0.05) is 0 Å². The zero-order valence-corrected chi connectivity index (χ0v) is 6.85. The Labute approximate surface area is 66.9 Å². The van der Waals surface area contributed by atoms with E-state index in [1.54, 1.807) is 0 Å². The Bertz CT molecular complexity index is 366. The molecule has 0 bridgehead atoms. The van der Waals surface area contributed by atoms with Crippen LogP contribution in [0.15, 0.2) is 10.4 Å². The van der Waals surface area contributed by atoms with Crippen LogP contribution in [0.1, 0.15) is 9.80 Å². The lowest BCUT2D eigenvalue weighted by Crippen LogP contribution is -2.09. The minimum Gasteiger partial charge on any atom is -0.295 e. The number of thiazole rings is 1. The third-order valence-corrected chi connectivity index (χ3v) is 3.21. The lowest BCUT2D eigenvalue weighted by molar-refractivity contribution is 0.112. The molecule has 2 N–H and O–H groups in total. The molecule has 0 radical (unpaired) electrons. The fourth-order valence-corrected chi connectivity index (χ4v) is 1.84. The molecule has 0 aliphatic carbocycles. The third-order valence-electron chi connectivity index (χ3n) is 0.884. The summed E-state index contributed by atoms with van der Waals surface area (Å²) < 4.78 is 21.1. The van der Waals surface area contributed by atoms with E-state index in [2.05, 4.69) is 4.98 Å². The van der Waals surface area contributed by atoms with Crippen LogP contribution in [0.5, 0.6) is 0 Å². The molecular weight excluding hydrogens is 188 g/mol. The first-order chi connectivity index (χ1) is 5.04. The topological polar surface area (TPSA) is 90.1 Å². The highest BCUT2D eigenvalue weighted by atomic mass is 32.2. The molecule has 0 spiro atoms. The van der Waals surface area contributed by atoms with E-state index < -0.39 is 10.0 Å². The molecule has 0 aromatic carbocycles. The van der Waals surface area contributed by atoms with Gasteiger partial charge in [0.1, 0.15) is 0 Å². The normalized spacial score (nSPS) is 11.4. The fourth-order valence-electron chi connectivity index (χ4n) is 0.458. The maximum atomic E-state index is 10.6. The molecule has 0 amide bonds. The quantitative estimate of drug-likeness (QED) is 0.646. The number of nitrogens with two attached hydrogens (primary N) is 1. The second-order valence-electron chi connectivity index (χ2n) is 1.68. The molecule has 0 atom stereocenters. The van der Waals surface area contributed by atoms with Crippen LogP contribution in [0.3, 0.4) is 0 Å². The third kappa shape index (κ3) is 1.82. The van der Waals surface area contributed by atoms with Gasteiger partial charge >= 0.3 is 0 Å². The van der Waals surface area contributed by atoms with E-state index in [9.17, 15) is 13.2 Å². The standard InChI is InChI=1S/C4H4N2O3S2/c5-11(8,9)4-1-6-3(2-7)10-4/h1-2H,(H2,5,8,9). The van der Waals surface area contributed by atoms with Crippen LogP contribution in [-0.2, 0) is 10.0 Å². The van der Waals surface area contributed by atoms with Crippen molar-refractivity contribution < 1.29 is 13.2 Å². The summed E-state index contributed by atoms with van der Waals surface area (Å²) in [4.78, 5) is 13.6. The molecule has 7 heteroatoms. The van der Waals surface area contributed by atoms with E-state index in [-0.39, 0.29) is 9.22 Å². The number of hydrogen-bond donors (Lipinski definition) is 1. The van der Waals surface area contributed by atoms with Crippen molar-refractivity contribution in [2.45, 2.75) is 4.21 Å². The van der Waals surface area contributed by atoms with Crippen LogP contribution in [0.2, 0.25) is 0 Å². The number of sulfonamides is 1. The molecule has 0 aliphatic rings. The summed E-state index contributed by atoms with van der Waals surface area (Å²) >= 11 is 0.748. The number of rotatable bonds is 2. The average Bonchev–Trinajstić information content (AvgIpc) is 2.32. The summed E-state index contributed by atoms with van der Waals surface area (Å²) in [7, 11) is -3.69. The summed E-state index contributed by atoms with van der Waals surface area (Å²) in [5.41, 5.74) is 0. The molecule has 1 aromatic rings. The largest absolute Gasteiger partial charge is 0.295 e. The van der Waals surface area contributed by atoms with E-state index >= 15 is 0 Å². The van der Waals surface area contributed by atoms with Gasteiger partial charge < -0.3 is 0 Å². The Balaban J connectivity index is 3.18. The smallest absolute Gasteiger partial charge is 0.249 e. The van der Waals surface area contributed by atoms with Gasteiger partial charge in [-0.3, -0.25) is 4.79 Å². The van der Waals surface area contributed by atoms with E-state index in [1.165, 1.54) is 0 Å². The zero-order chi connectivity index (χ0) is 8.48. The van der Waals surface area contributed by atoms with E-state index in [4.69, 9.17) is 5.14 Å².